The third-order valence-corrected chi connectivity index (χ3v) is 3.06. The van der Waals surface area contributed by atoms with E-state index in [0.717, 1.165) is 6.07 Å². The van der Waals surface area contributed by atoms with E-state index < -0.39 is 10.7 Å². The highest BCUT2D eigenvalue weighted by Crippen LogP contribution is 2.20. The summed E-state index contributed by atoms with van der Waals surface area (Å²) in [6, 6.07) is 3.49. The van der Waals surface area contributed by atoms with Crippen molar-refractivity contribution in [3.05, 3.63) is 34.1 Å². The van der Waals surface area contributed by atoms with Crippen LogP contribution in [0.5, 0.6) is 0 Å². The number of nitro groups is 1. The molecule has 0 amide bonds. The monoisotopic (exact) mass is 244 g/mol. The molecule has 0 heterocycles. The molecule has 1 aromatic carbocycles. The molecule has 0 radical (unpaired) electrons. The second-order valence-electron chi connectivity index (χ2n) is 3.38. The molecule has 1 N–H and O–H groups in total. The van der Waals surface area contributed by atoms with Crippen molar-refractivity contribution in [2.75, 3.05) is 18.1 Å². The van der Waals surface area contributed by atoms with Crippen molar-refractivity contribution in [2.45, 2.75) is 12.2 Å². The SMILES string of the molecule is CSC(C)CNc1cc(F)cc([N+](=O)[O-])c1. The largest absolute Gasteiger partial charge is 0.384 e. The Hall–Kier alpha value is -1.30. The lowest BCUT2D eigenvalue weighted by Gasteiger charge is -2.10. The van der Waals surface area contributed by atoms with Crippen molar-refractivity contribution in [3.63, 3.8) is 0 Å². The van der Waals surface area contributed by atoms with Crippen molar-refractivity contribution in [1.29, 1.82) is 0 Å². The Labute approximate surface area is 97.4 Å². The average molecular weight is 244 g/mol. The normalized spacial score (nSPS) is 12.2. The minimum Gasteiger partial charge on any atom is -0.384 e. The highest BCUT2D eigenvalue weighted by molar-refractivity contribution is 7.99. The number of rotatable bonds is 5. The minimum absolute atomic E-state index is 0.237. The number of nitro benzene ring substituents is 1. The summed E-state index contributed by atoms with van der Waals surface area (Å²) in [4.78, 5) is 9.90. The molecule has 0 bridgehead atoms. The van der Waals surface area contributed by atoms with Gasteiger partial charge in [-0.1, -0.05) is 6.92 Å². The van der Waals surface area contributed by atoms with Crippen molar-refractivity contribution in [1.82, 2.24) is 0 Å². The maximum absolute atomic E-state index is 13.0. The van der Waals surface area contributed by atoms with Gasteiger partial charge in [0.05, 0.1) is 11.0 Å². The molecule has 1 aromatic rings. The molecule has 4 nitrogen and oxygen atoms in total. The van der Waals surface area contributed by atoms with Gasteiger partial charge in [0.2, 0.25) is 0 Å². The molecule has 0 spiro atoms. The van der Waals surface area contributed by atoms with Crippen LogP contribution in [0, 0.1) is 15.9 Å². The van der Waals surface area contributed by atoms with Crippen molar-refractivity contribution >= 4 is 23.1 Å². The van der Waals surface area contributed by atoms with E-state index >= 15 is 0 Å². The molecule has 88 valence electrons. The number of hydrogen-bond acceptors (Lipinski definition) is 4. The smallest absolute Gasteiger partial charge is 0.274 e. The molecular weight excluding hydrogens is 231 g/mol. The van der Waals surface area contributed by atoms with Gasteiger partial charge in [0, 0.05) is 23.5 Å². The predicted octanol–water partition coefficient (Wildman–Crippen LogP) is 2.90. The highest BCUT2D eigenvalue weighted by atomic mass is 32.2. The molecule has 0 saturated carbocycles. The summed E-state index contributed by atoms with van der Waals surface area (Å²) in [6.07, 6.45) is 1.97. The maximum Gasteiger partial charge on any atom is 0.274 e. The molecule has 1 rings (SSSR count). The zero-order chi connectivity index (χ0) is 12.1. The average Bonchev–Trinajstić information content (AvgIpc) is 2.25. The van der Waals surface area contributed by atoms with Crippen LogP contribution in [0.1, 0.15) is 6.92 Å². The third kappa shape index (κ3) is 3.69. The van der Waals surface area contributed by atoms with Gasteiger partial charge in [0.15, 0.2) is 0 Å². The minimum atomic E-state index is -0.605. The van der Waals surface area contributed by atoms with Gasteiger partial charge < -0.3 is 5.32 Å². The van der Waals surface area contributed by atoms with E-state index in [1.807, 2.05) is 13.2 Å². The number of nitrogens with one attached hydrogen (secondary N) is 1. The van der Waals surface area contributed by atoms with E-state index in [0.29, 0.717) is 17.5 Å². The Morgan fingerprint density at radius 1 is 1.56 bits per heavy atom. The second kappa shape index (κ2) is 5.69. The van der Waals surface area contributed by atoms with Gasteiger partial charge in [-0.05, 0) is 12.3 Å². The first-order chi connectivity index (χ1) is 7.52. The van der Waals surface area contributed by atoms with Crippen LogP contribution in [-0.2, 0) is 0 Å². The molecule has 0 aromatic heterocycles. The fourth-order valence-corrected chi connectivity index (χ4v) is 1.38. The molecule has 1 unspecified atom stereocenters. The first-order valence-electron chi connectivity index (χ1n) is 4.74. The Kier molecular flexibility index (Phi) is 4.54. The molecule has 1 atom stereocenters. The van der Waals surface area contributed by atoms with Gasteiger partial charge in [0.25, 0.3) is 5.69 Å². The maximum atomic E-state index is 13.0. The van der Waals surface area contributed by atoms with Gasteiger partial charge in [0.1, 0.15) is 5.82 Å². The summed E-state index contributed by atoms with van der Waals surface area (Å²) in [5, 5.41) is 13.8. The number of benzene rings is 1. The Morgan fingerprint density at radius 3 is 2.81 bits per heavy atom. The number of non-ortho nitro benzene ring substituents is 1. The van der Waals surface area contributed by atoms with Crippen LogP contribution in [0.15, 0.2) is 18.2 Å². The summed E-state index contributed by atoms with van der Waals surface area (Å²) in [6.45, 7) is 2.66. The van der Waals surface area contributed by atoms with E-state index in [2.05, 4.69) is 5.32 Å². The lowest BCUT2D eigenvalue weighted by molar-refractivity contribution is -0.385. The number of anilines is 1. The van der Waals surface area contributed by atoms with Crippen LogP contribution in [0.4, 0.5) is 15.8 Å². The molecule has 0 aliphatic heterocycles. The van der Waals surface area contributed by atoms with Crippen molar-refractivity contribution < 1.29 is 9.31 Å². The van der Waals surface area contributed by atoms with Crippen LogP contribution in [-0.4, -0.2) is 23.0 Å². The summed E-state index contributed by atoms with van der Waals surface area (Å²) in [5.74, 6) is -0.603. The van der Waals surface area contributed by atoms with E-state index in [-0.39, 0.29) is 5.69 Å². The lowest BCUT2D eigenvalue weighted by Crippen LogP contribution is -2.12. The second-order valence-corrected chi connectivity index (χ2v) is 4.66. The highest BCUT2D eigenvalue weighted by Gasteiger charge is 2.10. The van der Waals surface area contributed by atoms with Gasteiger partial charge >= 0.3 is 0 Å². The number of halogens is 1. The van der Waals surface area contributed by atoms with Gasteiger partial charge in [-0.3, -0.25) is 10.1 Å². The van der Waals surface area contributed by atoms with Crippen molar-refractivity contribution in [2.24, 2.45) is 0 Å². The van der Waals surface area contributed by atoms with Crippen LogP contribution in [0.3, 0.4) is 0 Å². The fourth-order valence-electron chi connectivity index (χ4n) is 1.13. The third-order valence-electron chi connectivity index (χ3n) is 2.09. The molecular formula is C10H13FN2O2S. The van der Waals surface area contributed by atoms with E-state index in [4.69, 9.17) is 0 Å². The van der Waals surface area contributed by atoms with Gasteiger partial charge in [-0.25, -0.2) is 4.39 Å². The number of nitrogens with zero attached hydrogens (tertiary/aromatic N) is 1. The first-order valence-corrected chi connectivity index (χ1v) is 6.03. The first kappa shape index (κ1) is 12.8. The lowest BCUT2D eigenvalue weighted by atomic mass is 10.2. The summed E-state index contributed by atoms with van der Waals surface area (Å²) in [5.41, 5.74) is 0.201. The number of hydrogen-bond donors (Lipinski definition) is 1. The van der Waals surface area contributed by atoms with Gasteiger partial charge in [-0.15, -0.1) is 0 Å². The summed E-state index contributed by atoms with van der Waals surface area (Å²) in [7, 11) is 0. The fraction of sp³-hybridized carbons (Fsp3) is 0.400. The van der Waals surface area contributed by atoms with E-state index in [1.165, 1.54) is 12.1 Å². The molecule has 16 heavy (non-hydrogen) atoms. The molecule has 0 fully saturated rings. The molecule has 0 saturated heterocycles. The standard InChI is InChI=1S/C10H13FN2O2S/c1-7(16-2)6-12-9-3-8(11)4-10(5-9)13(14)15/h3-5,7,12H,6H2,1-2H3. The van der Waals surface area contributed by atoms with Crippen LogP contribution in [0.25, 0.3) is 0 Å². The van der Waals surface area contributed by atoms with E-state index in [9.17, 15) is 14.5 Å². The zero-order valence-electron chi connectivity index (χ0n) is 9.07. The van der Waals surface area contributed by atoms with Crippen LogP contribution in [0.2, 0.25) is 0 Å². The molecule has 0 aliphatic carbocycles. The van der Waals surface area contributed by atoms with Crippen LogP contribution >= 0.6 is 11.8 Å². The Bertz CT molecular complexity index is 387. The van der Waals surface area contributed by atoms with Crippen LogP contribution < -0.4 is 5.32 Å². The quantitative estimate of drug-likeness (QED) is 0.639. The molecule has 6 heteroatoms. The zero-order valence-corrected chi connectivity index (χ0v) is 9.88. The Morgan fingerprint density at radius 2 is 2.25 bits per heavy atom. The Balaban J connectivity index is 2.76. The summed E-state index contributed by atoms with van der Waals surface area (Å²) >= 11 is 1.67. The van der Waals surface area contributed by atoms with Gasteiger partial charge in [-0.2, -0.15) is 11.8 Å². The molecule has 0 aliphatic rings. The summed E-state index contributed by atoms with van der Waals surface area (Å²) < 4.78 is 13.0. The topological polar surface area (TPSA) is 55.2 Å². The van der Waals surface area contributed by atoms with E-state index in [1.54, 1.807) is 11.8 Å². The predicted molar refractivity (Wildman–Crippen MR) is 64.5 cm³/mol. The number of thioether (sulfide) groups is 1. The van der Waals surface area contributed by atoms with Crippen molar-refractivity contribution in [3.8, 4) is 0 Å².